The predicted octanol–water partition coefficient (Wildman–Crippen LogP) is 3.47. The molecule has 0 fully saturated rings. The third kappa shape index (κ3) is 3.47. The number of aromatic nitrogens is 1. The molecule has 1 aromatic heterocycles. The minimum absolute atomic E-state index is 0.0735. The molecule has 0 radical (unpaired) electrons. The van der Waals surface area contributed by atoms with Crippen LogP contribution in [0.3, 0.4) is 0 Å². The fraction of sp³-hybridized carbons (Fsp3) is 0.0833. The van der Waals surface area contributed by atoms with E-state index in [9.17, 15) is 14.5 Å². The van der Waals surface area contributed by atoms with E-state index in [1.165, 1.54) is 30.5 Å². The maximum Gasteiger partial charge on any atom is 0.273 e. The minimum atomic E-state index is -0.511. The molecule has 19 heavy (non-hydrogen) atoms. The number of hydrogen-bond donors (Lipinski definition) is 0. The summed E-state index contributed by atoms with van der Waals surface area (Å²) < 4.78 is 18.9. The number of nitro benzene ring substituents is 1. The van der Waals surface area contributed by atoms with Gasteiger partial charge in [0.25, 0.3) is 5.69 Å². The molecule has 0 spiro atoms. The first kappa shape index (κ1) is 13.4. The number of nitro groups is 1. The van der Waals surface area contributed by atoms with Crippen molar-refractivity contribution < 1.29 is 14.1 Å². The van der Waals surface area contributed by atoms with E-state index in [0.29, 0.717) is 15.8 Å². The number of rotatable bonds is 4. The summed E-state index contributed by atoms with van der Waals surface area (Å²) in [4.78, 5) is 13.8. The largest absolute Gasteiger partial charge is 0.487 e. The summed E-state index contributed by atoms with van der Waals surface area (Å²) in [6.45, 7) is 0.0739. The highest BCUT2D eigenvalue weighted by molar-refractivity contribution is 9.10. The Morgan fingerprint density at radius 3 is 2.84 bits per heavy atom. The lowest BCUT2D eigenvalue weighted by Gasteiger charge is -2.07. The van der Waals surface area contributed by atoms with Crippen LogP contribution in [0.1, 0.15) is 5.56 Å². The molecule has 98 valence electrons. The summed E-state index contributed by atoms with van der Waals surface area (Å²) in [7, 11) is 0. The molecule has 0 N–H and O–H groups in total. The summed E-state index contributed by atoms with van der Waals surface area (Å²) >= 11 is 3.23. The number of pyridine rings is 1. The lowest BCUT2D eigenvalue weighted by atomic mass is 10.3. The molecule has 0 aliphatic rings. The van der Waals surface area contributed by atoms with Gasteiger partial charge in [-0.3, -0.25) is 15.1 Å². The normalized spacial score (nSPS) is 10.2. The molecule has 7 heteroatoms. The van der Waals surface area contributed by atoms with Crippen LogP contribution in [-0.4, -0.2) is 9.91 Å². The van der Waals surface area contributed by atoms with Crippen molar-refractivity contribution in [2.75, 3.05) is 0 Å². The number of hydrogen-bond acceptors (Lipinski definition) is 4. The average molecular weight is 327 g/mol. The molecule has 2 aromatic rings. The maximum atomic E-state index is 12.9. The standard InChI is InChI=1S/C12H8BrFN2O3/c13-11-2-1-10(16(17)18)4-12(11)19-7-8-3-9(14)6-15-5-8/h1-6H,7H2. The van der Waals surface area contributed by atoms with Crippen molar-refractivity contribution in [3.8, 4) is 5.75 Å². The Kier molecular flexibility index (Phi) is 4.06. The molecular formula is C12H8BrFN2O3. The number of ether oxygens (including phenoxy) is 1. The van der Waals surface area contributed by atoms with E-state index in [1.807, 2.05) is 0 Å². The molecule has 0 saturated carbocycles. The topological polar surface area (TPSA) is 65.3 Å². The van der Waals surface area contributed by atoms with Gasteiger partial charge < -0.3 is 4.74 Å². The Morgan fingerprint density at radius 1 is 1.37 bits per heavy atom. The highest BCUT2D eigenvalue weighted by atomic mass is 79.9. The summed E-state index contributed by atoms with van der Waals surface area (Å²) in [5.74, 6) is -0.141. The molecule has 0 aliphatic heterocycles. The quantitative estimate of drug-likeness (QED) is 0.637. The molecule has 2 rings (SSSR count). The van der Waals surface area contributed by atoms with Gasteiger partial charge in [-0.05, 0) is 28.1 Å². The van der Waals surface area contributed by atoms with Gasteiger partial charge in [0.05, 0.1) is 21.7 Å². The summed E-state index contributed by atoms with van der Waals surface area (Å²) in [5, 5.41) is 10.7. The zero-order chi connectivity index (χ0) is 13.8. The van der Waals surface area contributed by atoms with Crippen LogP contribution >= 0.6 is 15.9 Å². The van der Waals surface area contributed by atoms with E-state index < -0.39 is 10.7 Å². The molecule has 0 amide bonds. The van der Waals surface area contributed by atoms with E-state index in [2.05, 4.69) is 20.9 Å². The third-order valence-corrected chi connectivity index (χ3v) is 2.94. The second-order valence-electron chi connectivity index (χ2n) is 3.67. The van der Waals surface area contributed by atoms with E-state index in [-0.39, 0.29) is 12.3 Å². The van der Waals surface area contributed by atoms with Gasteiger partial charge in [0.1, 0.15) is 18.2 Å². The Morgan fingerprint density at radius 2 is 2.16 bits per heavy atom. The van der Waals surface area contributed by atoms with Crippen molar-refractivity contribution in [1.82, 2.24) is 4.98 Å². The van der Waals surface area contributed by atoms with Crippen molar-refractivity contribution in [2.24, 2.45) is 0 Å². The van der Waals surface area contributed by atoms with E-state index in [1.54, 1.807) is 0 Å². The predicted molar refractivity (Wildman–Crippen MR) is 69.3 cm³/mol. The van der Waals surface area contributed by atoms with Crippen molar-refractivity contribution in [3.63, 3.8) is 0 Å². The van der Waals surface area contributed by atoms with Gasteiger partial charge in [-0.2, -0.15) is 0 Å². The van der Waals surface area contributed by atoms with Gasteiger partial charge in [0.2, 0.25) is 0 Å². The molecule has 0 unspecified atom stereocenters. The number of benzene rings is 1. The Hall–Kier alpha value is -2.02. The monoisotopic (exact) mass is 326 g/mol. The van der Waals surface area contributed by atoms with Crippen molar-refractivity contribution in [2.45, 2.75) is 6.61 Å². The second kappa shape index (κ2) is 5.75. The van der Waals surface area contributed by atoms with E-state index in [0.717, 1.165) is 6.20 Å². The highest BCUT2D eigenvalue weighted by Gasteiger charge is 2.10. The Labute approximate surface area is 116 Å². The van der Waals surface area contributed by atoms with Crippen molar-refractivity contribution in [3.05, 3.63) is 62.6 Å². The van der Waals surface area contributed by atoms with Gasteiger partial charge >= 0.3 is 0 Å². The van der Waals surface area contributed by atoms with Gasteiger partial charge in [0.15, 0.2) is 0 Å². The zero-order valence-electron chi connectivity index (χ0n) is 9.55. The van der Waals surface area contributed by atoms with Crippen LogP contribution in [0.4, 0.5) is 10.1 Å². The first-order valence-electron chi connectivity index (χ1n) is 5.22. The molecule has 0 atom stereocenters. The van der Waals surface area contributed by atoms with Crippen LogP contribution in [0.2, 0.25) is 0 Å². The lowest BCUT2D eigenvalue weighted by molar-refractivity contribution is -0.385. The maximum absolute atomic E-state index is 12.9. The fourth-order valence-corrected chi connectivity index (χ4v) is 1.77. The van der Waals surface area contributed by atoms with Crippen LogP contribution in [0.15, 0.2) is 41.1 Å². The molecule has 0 bridgehead atoms. The average Bonchev–Trinajstić information content (AvgIpc) is 2.37. The van der Waals surface area contributed by atoms with Gasteiger partial charge in [-0.25, -0.2) is 4.39 Å². The molecule has 5 nitrogen and oxygen atoms in total. The molecular weight excluding hydrogens is 319 g/mol. The van der Waals surface area contributed by atoms with Crippen molar-refractivity contribution >= 4 is 21.6 Å². The van der Waals surface area contributed by atoms with Gasteiger partial charge in [-0.1, -0.05) is 0 Å². The van der Waals surface area contributed by atoms with Gasteiger partial charge in [-0.15, -0.1) is 0 Å². The summed E-state index contributed by atoms with van der Waals surface area (Å²) in [6.07, 6.45) is 2.56. The Bertz CT molecular complexity index is 622. The van der Waals surface area contributed by atoms with Crippen LogP contribution in [0.5, 0.6) is 5.75 Å². The van der Waals surface area contributed by atoms with Gasteiger partial charge in [0, 0.05) is 17.8 Å². The summed E-state index contributed by atoms with van der Waals surface area (Å²) in [6, 6.07) is 5.48. The summed E-state index contributed by atoms with van der Waals surface area (Å²) in [5.41, 5.74) is 0.467. The number of nitrogens with zero attached hydrogens (tertiary/aromatic N) is 2. The molecule has 1 aromatic carbocycles. The number of non-ortho nitro benzene ring substituents is 1. The highest BCUT2D eigenvalue weighted by Crippen LogP contribution is 2.29. The van der Waals surface area contributed by atoms with Crippen LogP contribution < -0.4 is 4.74 Å². The Balaban J connectivity index is 2.15. The third-order valence-electron chi connectivity index (χ3n) is 2.28. The zero-order valence-corrected chi connectivity index (χ0v) is 11.1. The smallest absolute Gasteiger partial charge is 0.273 e. The number of halogens is 2. The molecule has 0 aliphatic carbocycles. The van der Waals surface area contributed by atoms with Crippen LogP contribution in [0.25, 0.3) is 0 Å². The van der Waals surface area contributed by atoms with Crippen LogP contribution in [0, 0.1) is 15.9 Å². The molecule has 1 heterocycles. The second-order valence-corrected chi connectivity index (χ2v) is 4.53. The van der Waals surface area contributed by atoms with E-state index >= 15 is 0 Å². The van der Waals surface area contributed by atoms with Crippen molar-refractivity contribution in [1.29, 1.82) is 0 Å². The first-order chi connectivity index (χ1) is 9.06. The van der Waals surface area contributed by atoms with E-state index in [4.69, 9.17) is 4.74 Å². The minimum Gasteiger partial charge on any atom is -0.487 e. The fourth-order valence-electron chi connectivity index (χ4n) is 1.41. The first-order valence-corrected chi connectivity index (χ1v) is 6.02. The van der Waals surface area contributed by atoms with Crippen LogP contribution in [-0.2, 0) is 6.61 Å². The molecule has 0 saturated heterocycles. The SMILES string of the molecule is O=[N+]([O-])c1ccc(Br)c(OCc2cncc(F)c2)c1. The lowest BCUT2D eigenvalue weighted by Crippen LogP contribution is -1.98.